The van der Waals surface area contributed by atoms with Gasteiger partial charge in [0.1, 0.15) is 12.0 Å². The molecule has 1 aliphatic rings. The summed E-state index contributed by atoms with van der Waals surface area (Å²) in [6.07, 6.45) is 1.98. The van der Waals surface area contributed by atoms with Gasteiger partial charge in [-0.25, -0.2) is 4.98 Å². The Hall–Kier alpha value is -2.18. The molecule has 0 saturated carbocycles. The molecule has 1 fully saturated rings. The number of carbonyl (C=O) groups is 1. The van der Waals surface area contributed by atoms with Gasteiger partial charge in [-0.05, 0) is 19.3 Å². The van der Waals surface area contributed by atoms with Gasteiger partial charge in [-0.3, -0.25) is 14.9 Å². The Kier molecular flexibility index (Phi) is 3.37. The van der Waals surface area contributed by atoms with Crippen LogP contribution in [0.25, 0.3) is 0 Å². The van der Waals surface area contributed by atoms with Gasteiger partial charge in [-0.2, -0.15) is 0 Å². The normalized spacial score (nSPS) is 22.5. The lowest BCUT2D eigenvalue weighted by atomic mass is 10.1. The van der Waals surface area contributed by atoms with Crippen LogP contribution in [0, 0.1) is 16.0 Å². The van der Waals surface area contributed by atoms with Crippen LogP contribution in [-0.4, -0.2) is 33.3 Å². The molecule has 0 aromatic carbocycles. The Morgan fingerprint density at radius 2 is 2.26 bits per heavy atom. The van der Waals surface area contributed by atoms with E-state index in [0.29, 0.717) is 12.5 Å². The molecule has 2 rings (SSSR count). The smallest absolute Gasteiger partial charge is 0.288 e. The van der Waals surface area contributed by atoms with Crippen LogP contribution in [-0.2, 0) is 0 Å². The third kappa shape index (κ3) is 2.49. The fourth-order valence-corrected chi connectivity index (χ4v) is 2.47. The molecule has 0 radical (unpaired) electrons. The zero-order valence-corrected chi connectivity index (χ0v) is 10.9. The number of nitrogen functional groups attached to an aromatic ring is 1. The highest BCUT2D eigenvalue weighted by atomic mass is 16.6. The number of anilines is 1. The number of pyridine rings is 1. The molecule has 1 saturated heterocycles. The second-order valence-electron chi connectivity index (χ2n) is 5.03. The molecular formula is C12H16N4O3. The number of amides is 1. The summed E-state index contributed by atoms with van der Waals surface area (Å²) >= 11 is 0. The van der Waals surface area contributed by atoms with Gasteiger partial charge < -0.3 is 10.6 Å². The first-order valence-electron chi connectivity index (χ1n) is 6.11. The maximum atomic E-state index is 12.4. The first-order chi connectivity index (χ1) is 8.90. The Morgan fingerprint density at radius 1 is 1.58 bits per heavy atom. The Bertz CT molecular complexity index is 532. The highest BCUT2D eigenvalue weighted by Gasteiger charge is 2.32. The summed E-state index contributed by atoms with van der Waals surface area (Å²) in [5.74, 6) is 0.166. The van der Waals surface area contributed by atoms with Crippen LogP contribution >= 0.6 is 0 Å². The van der Waals surface area contributed by atoms with Crippen LogP contribution in [0.3, 0.4) is 0 Å². The molecule has 0 spiro atoms. The molecule has 1 aromatic heterocycles. The Labute approximate surface area is 110 Å². The minimum Gasteiger partial charge on any atom is -0.383 e. The summed E-state index contributed by atoms with van der Waals surface area (Å²) in [5, 5.41) is 10.7. The molecule has 2 atom stereocenters. The number of carbonyl (C=O) groups excluding carboxylic acids is 1. The third-order valence-corrected chi connectivity index (χ3v) is 3.39. The number of likely N-dealkylation sites (tertiary alicyclic amines) is 1. The lowest BCUT2D eigenvalue weighted by Crippen LogP contribution is -2.34. The van der Waals surface area contributed by atoms with Gasteiger partial charge in [-0.1, -0.05) is 6.92 Å². The van der Waals surface area contributed by atoms with E-state index >= 15 is 0 Å². The van der Waals surface area contributed by atoms with E-state index in [1.165, 1.54) is 6.07 Å². The van der Waals surface area contributed by atoms with Crippen molar-refractivity contribution in [3.63, 3.8) is 0 Å². The summed E-state index contributed by atoms with van der Waals surface area (Å²) in [7, 11) is 0. The van der Waals surface area contributed by atoms with E-state index in [-0.39, 0.29) is 29.0 Å². The van der Waals surface area contributed by atoms with Crippen molar-refractivity contribution in [2.45, 2.75) is 26.3 Å². The van der Waals surface area contributed by atoms with Gasteiger partial charge in [0.15, 0.2) is 0 Å². The zero-order valence-electron chi connectivity index (χ0n) is 10.9. The minimum absolute atomic E-state index is 0.0300. The molecule has 2 heterocycles. The van der Waals surface area contributed by atoms with Crippen LogP contribution in [0.4, 0.5) is 11.5 Å². The molecule has 0 aliphatic carbocycles. The standard InChI is InChI=1S/C12H16N4O3/c1-7-3-8(2)15(6-7)12(17)10-4-9(16(18)19)5-14-11(10)13/h4-5,7-8H,3,6H2,1-2H3,(H2,13,14). The van der Waals surface area contributed by atoms with E-state index in [4.69, 9.17) is 5.73 Å². The molecule has 7 heteroatoms. The summed E-state index contributed by atoms with van der Waals surface area (Å²) in [6, 6.07) is 1.31. The Balaban J connectivity index is 2.33. The molecule has 1 amide bonds. The first-order valence-corrected chi connectivity index (χ1v) is 6.11. The van der Waals surface area contributed by atoms with E-state index < -0.39 is 4.92 Å². The van der Waals surface area contributed by atoms with Crippen LogP contribution in [0.1, 0.15) is 30.6 Å². The Morgan fingerprint density at radius 3 is 2.79 bits per heavy atom. The number of aromatic nitrogens is 1. The SMILES string of the molecule is CC1CC(C)N(C(=O)c2cc([N+](=O)[O-])cnc2N)C1. The van der Waals surface area contributed by atoms with Gasteiger partial charge in [0, 0.05) is 18.7 Å². The number of nitrogens with zero attached hydrogens (tertiary/aromatic N) is 3. The average Bonchev–Trinajstić information content (AvgIpc) is 2.68. The summed E-state index contributed by atoms with van der Waals surface area (Å²) < 4.78 is 0. The first kappa shape index (κ1) is 13.3. The molecule has 102 valence electrons. The summed E-state index contributed by atoms with van der Waals surface area (Å²) in [5.41, 5.74) is 5.54. The van der Waals surface area contributed by atoms with E-state index in [1.54, 1.807) is 4.90 Å². The summed E-state index contributed by atoms with van der Waals surface area (Å²) in [6.45, 7) is 4.67. The van der Waals surface area contributed by atoms with Crippen molar-refractivity contribution >= 4 is 17.4 Å². The van der Waals surface area contributed by atoms with Crippen LogP contribution in [0.5, 0.6) is 0 Å². The zero-order chi connectivity index (χ0) is 14.2. The lowest BCUT2D eigenvalue weighted by molar-refractivity contribution is -0.385. The van der Waals surface area contributed by atoms with Crippen molar-refractivity contribution in [3.8, 4) is 0 Å². The monoisotopic (exact) mass is 264 g/mol. The topological polar surface area (TPSA) is 102 Å². The van der Waals surface area contributed by atoms with Crippen molar-refractivity contribution in [1.82, 2.24) is 9.88 Å². The molecular weight excluding hydrogens is 248 g/mol. The fourth-order valence-electron chi connectivity index (χ4n) is 2.47. The van der Waals surface area contributed by atoms with E-state index in [9.17, 15) is 14.9 Å². The molecule has 2 unspecified atom stereocenters. The summed E-state index contributed by atoms with van der Waals surface area (Å²) in [4.78, 5) is 27.9. The van der Waals surface area contributed by atoms with E-state index in [0.717, 1.165) is 12.6 Å². The molecule has 1 aromatic rings. The predicted molar refractivity (Wildman–Crippen MR) is 69.6 cm³/mol. The quantitative estimate of drug-likeness (QED) is 0.643. The minimum atomic E-state index is -0.584. The highest BCUT2D eigenvalue weighted by Crippen LogP contribution is 2.26. The molecule has 1 aliphatic heterocycles. The number of nitro groups is 1. The van der Waals surface area contributed by atoms with Crippen LogP contribution in [0.2, 0.25) is 0 Å². The second kappa shape index (κ2) is 4.83. The van der Waals surface area contributed by atoms with Gasteiger partial charge in [-0.15, -0.1) is 0 Å². The lowest BCUT2D eigenvalue weighted by Gasteiger charge is -2.21. The van der Waals surface area contributed by atoms with Crippen molar-refractivity contribution in [3.05, 3.63) is 27.9 Å². The van der Waals surface area contributed by atoms with Crippen LogP contribution in [0.15, 0.2) is 12.3 Å². The van der Waals surface area contributed by atoms with Crippen molar-refractivity contribution < 1.29 is 9.72 Å². The third-order valence-electron chi connectivity index (χ3n) is 3.39. The van der Waals surface area contributed by atoms with Crippen molar-refractivity contribution in [1.29, 1.82) is 0 Å². The maximum Gasteiger partial charge on any atom is 0.288 e. The highest BCUT2D eigenvalue weighted by molar-refractivity contribution is 5.99. The van der Waals surface area contributed by atoms with E-state index in [2.05, 4.69) is 11.9 Å². The van der Waals surface area contributed by atoms with Gasteiger partial charge in [0.05, 0.1) is 10.5 Å². The predicted octanol–water partition coefficient (Wildman–Crippen LogP) is 1.44. The van der Waals surface area contributed by atoms with Gasteiger partial charge in [0.25, 0.3) is 11.6 Å². The number of hydrogen-bond acceptors (Lipinski definition) is 5. The molecule has 0 bridgehead atoms. The molecule has 19 heavy (non-hydrogen) atoms. The maximum absolute atomic E-state index is 12.4. The fraction of sp³-hybridized carbons (Fsp3) is 0.500. The van der Waals surface area contributed by atoms with Crippen molar-refractivity contribution in [2.75, 3.05) is 12.3 Å². The molecule has 7 nitrogen and oxygen atoms in total. The number of rotatable bonds is 2. The van der Waals surface area contributed by atoms with Crippen molar-refractivity contribution in [2.24, 2.45) is 5.92 Å². The number of nitrogens with two attached hydrogens (primary N) is 1. The van der Waals surface area contributed by atoms with Gasteiger partial charge >= 0.3 is 0 Å². The van der Waals surface area contributed by atoms with Gasteiger partial charge in [0.2, 0.25) is 0 Å². The molecule has 2 N–H and O–H groups in total. The second-order valence-corrected chi connectivity index (χ2v) is 5.03. The number of hydrogen-bond donors (Lipinski definition) is 1. The average molecular weight is 264 g/mol. The van der Waals surface area contributed by atoms with Crippen LogP contribution < -0.4 is 5.73 Å². The largest absolute Gasteiger partial charge is 0.383 e. The van der Waals surface area contributed by atoms with E-state index in [1.807, 2.05) is 6.92 Å².